The van der Waals surface area contributed by atoms with E-state index in [1.54, 1.807) is 6.33 Å². The largest absolute Gasteiger partial charge is 0.313 e. The standard InChI is InChI=1S/C13H24N4S/c1-4-7-14-11-6-5-10(2)8-12(11)18-13-16-15-9-17(13)3/h9-12,14H,4-8H2,1-3H3. The van der Waals surface area contributed by atoms with Gasteiger partial charge in [0.05, 0.1) is 0 Å². The molecule has 1 aliphatic rings. The highest BCUT2D eigenvalue weighted by Gasteiger charge is 2.29. The minimum Gasteiger partial charge on any atom is -0.313 e. The van der Waals surface area contributed by atoms with Crippen molar-refractivity contribution in [2.24, 2.45) is 13.0 Å². The van der Waals surface area contributed by atoms with E-state index in [1.165, 1.54) is 25.7 Å². The number of nitrogens with zero attached hydrogens (tertiary/aromatic N) is 3. The molecule has 2 rings (SSSR count). The molecule has 1 aromatic rings. The number of aromatic nitrogens is 3. The van der Waals surface area contributed by atoms with Gasteiger partial charge in [0, 0.05) is 18.3 Å². The van der Waals surface area contributed by atoms with Crippen LogP contribution in [0.15, 0.2) is 11.5 Å². The second kappa shape index (κ2) is 6.57. The molecule has 18 heavy (non-hydrogen) atoms. The zero-order valence-corrected chi connectivity index (χ0v) is 12.4. The van der Waals surface area contributed by atoms with Gasteiger partial charge < -0.3 is 9.88 Å². The first-order chi connectivity index (χ1) is 8.70. The van der Waals surface area contributed by atoms with E-state index in [0.717, 1.165) is 17.6 Å². The first-order valence-electron chi connectivity index (χ1n) is 6.94. The van der Waals surface area contributed by atoms with E-state index < -0.39 is 0 Å². The third-order valence-corrected chi connectivity index (χ3v) is 5.04. The van der Waals surface area contributed by atoms with E-state index in [2.05, 4.69) is 29.4 Å². The summed E-state index contributed by atoms with van der Waals surface area (Å²) in [5, 5.41) is 13.5. The molecule has 5 heteroatoms. The average molecular weight is 268 g/mol. The summed E-state index contributed by atoms with van der Waals surface area (Å²) in [6.07, 6.45) is 6.89. The first-order valence-corrected chi connectivity index (χ1v) is 7.82. The molecular weight excluding hydrogens is 244 g/mol. The maximum atomic E-state index is 4.20. The fourth-order valence-electron chi connectivity index (χ4n) is 2.54. The van der Waals surface area contributed by atoms with Crippen molar-refractivity contribution in [3.63, 3.8) is 0 Å². The van der Waals surface area contributed by atoms with Crippen LogP contribution in [-0.4, -0.2) is 32.6 Å². The Kier molecular flexibility index (Phi) is 5.06. The third-order valence-electron chi connectivity index (χ3n) is 3.64. The molecule has 3 unspecified atom stereocenters. The van der Waals surface area contributed by atoms with Crippen molar-refractivity contribution in [1.29, 1.82) is 0 Å². The summed E-state index contributed by atoms with van der Waals surface area (Å²) in [5.41, 5.74) is 0. The second-order valence-corrected chi connectivity index (χ2v) is 6.57. The number of thioether (sulfide) groups is 1. The lowest BCUT2D eigenvalue weighted by Gasteiger charge is -2.34. The predicted octanol–water partition coefficient (Wildman–Crippen LogP) is 2.46. The Balaban J connectivity index is 1.98. The summed E-state index contributed by atoms with van der Waals surface area (Å²) in [5.74, 6) is 0.829. The SMILES string of the molecule is CCCNC1CCC(C)CC1Sc1nncn1C. The van der Waals surface area contributed by atoms with Crippen LogP contribution in [0.3, 0.4) is 0 Å². The second-order valence-electron chi connectivity index (χ2n) is 5.36. The van der Waals surface area contributed by atoms with Crippen LogP contribution in [0.1, 0.15) is 39.5 Å². The van der Waals surface area contributed by atoms with Gasteiger partial charge in [-0.05, 0) is 38.1 Å². The van der Waals surface area contributed by atoms with Gasteiger partial charge in [-0.2, -0.15) is 0 Å². The Morgan fingerprint density at radius 1 is 1.50 bits per heavy atom. The number of aryl methyl sites for hydroxylation is 1. The van der Waals surface area contributed by atoms with Crippen molar-refractivity contribution in [1.82, 2.24) is 20.1 Å². The van der Waals surface area contributed by atoms with Crippen LogP contribution in [0.25, 0.3) is 0 Å². The molecule has 1 heterocycles. The van der Waals surface area contributed by atoms with E-state index in [1.807, 2.05) is 23.4 Å². The van der Waals surface area contributed by atoms with Gasteiger partial charge in [0.1, 0.15) is 6.33 Å². The fraction of sp³-hybridized carbons (Fsp3) is 0.846. The number of hydrogen-bond acceptors (Lipinski definition) is 4. The summed E-state index contributed by atoms with van der Waals surface area (Å²) in [6.45, 7) is 5.71. The molecule has 0 aliphatic heterocycles. The van der Waals surface area contributed by atoms with Crippen LogP contribution in [0.5, 0.6) is 0 Å². The summed E-state index contributed by atoms with van der Waals surface area (Å²) < 4.78 is 2.01. The molecule has 0 spiro atoms. The summed E-state index contributed by atoms with van der Waals surface area (Å²) in [4.78, 5) is 0. The van der Waals surface area contributed by atoms with E-state index in [9.17, 15) is 0 Å². The molecule has 1 fully saturated rings. The summed E-state index contributed by atoms with van der Waals surface area (Å²) >= 11 is 1.89. The molecule has 0 amide bonds. The molecular formula is C13H24N4S. The van der Waals surface area contributed by atoms with Gasteiger partial charge in [-0.3, -0.25) is 0 Å². The first kappa shape index (κ1) is 13.9. The van der Waals surface area contributed by atoms with Crippen molar-refractivity contribution in [2.75, 3.05) is 6.54 Å². The van der Waals surface area contributed by atoms with Crippen molar-refractivity contribution >= 4 is 11.8 Å². The number of hydrogen-bond donors (Lipinski definition) is 1. The van der Waals surface area contributed by atoms with Gasteiger partial charge in [0.25, 0.3) is 0 Å². The van der Waals surface area contributed by atoms with E-state index >= 15 is 0 Å². The molecule has 102 valence electrons. The number of rotatable bonds is 5. The van der Waals surface area contributed by atoms with Gasteiger partial charge in [-0.1, -0.05) is 25.6 Å². The molecule has 4 nitrogen and oxygen atoms in total. The Morgan fingerprint density at radius 2 is 2.33 bits per heavy atom. The highest BCUT2D eigenvalue weighted by atomic mass is 32.2. The highest BCUT2D eigenvalue weighted by Crippen LogP contribution is 2.35. The fourth-order valence-corrected chi connectivity index (χ4v) is 3.94. The van der Waals surface area contributed by atoms with Crippen molar-refractivity contribution in [2.45, 2.75) is 56.0 Å². The zero-order chi connectivity index (χ0) is 13.0. The molecule has 0 bridgehead atoms. The van der Waals surface area contributed by atoms with Crippen LogP contribution in [0, 0.1) is 5.92 Å². The lowest BCUT2D eigenvalue weighted by atomic mass is 9.87. The van der Waals surface area contributed by atoms with Crippen molar-refractivity contribution in [3.8, 4) is 0 Å². The molecule has 0 saturated heterocycles. The van der Waals surface area contributed by atoms with Gasteiger partial charge in [-0.25, -0.2) is 0 Å². The zero-order valence-electron chi connectivity index (χ0n) is 11.6. The van der Waals surface area contributed by atoms with Gasteiger partial charge >= 0.3 is 0 Å². The Labute approximate surface area is 114 Å². The van der Waals surface area contributed by atoms with Gasteiger partial charge in [0.2, 0.25) is 0 Å². The Morgan fingerprint density at radius 3 is 3.00 bits per heavy atom. The molecule has 1 aliphatic carbocycles. The number of nitrogens with one attached hydrogen (secondary N) is 1. The van der Waals surface area contributed by atoms with Gasteiger partial charge in [0.15, 0.2) is 5.16 Å². The lowest BCUT2D eigenvalue weighted by molar-refractivity contribution is 0.317. The van der Waals surface area contributed by atoms with Crippen LogP contribution < -0.4 is 5.32 Å². The smallest absolute Gasteiger partial charge is 0.191 e. The van der Waals surface area contributed by atoms with Crippen LogP contribution in [0.2, 0.25) is 0 Å². The predicted molar refractivity (Wildman–Crippen MR) is 75.7 cm³/mol. The normalized spacial score (nSPS) is 28.5. The topological polar surface area (TPSA) is 42.7 Å². The van der Waals surface area contributed by atoms with E-state index in [4.69, 9.17) is 0 Å². The highest BCUT2D eigenvalue weighted by molar-refractivity contribution is 7.99. The van der Waals surface area contributed by atoms with Crippen LogP contribution in [-0.2, 0) is 7.05 Å². The van der Waals surface area contributed by atoms with Crippen LogP contribution >= 0.6 is 11.8 Å². The molecule has 1 N–H and O–H groups in total. The maximum Gasteiger partial charge on any atom is 0.191 e. The summed E-state index contributed by atoms with van der Waals surface area (Å²) in [7, 11) is 2.02. The maximum absolute atomic E-state index is 4.20. The lowest BCUT2D eigenvalue weighted by Crippen LogP contribution is -2.42. The average Bonchev–Trinajstić information content (AvgIpc) is 2.74. The quantitative estimate of drug-likeness (QED) is 0.891. The van der Waals surface area contributed by atoms with E-state index in [0.29, 0.717) is 11.3 Å². The van der Waals surface area contributed by atoms with Crippen LogP contribution in [0.4, 0.5) is 0 Å². The Bertz CT molecular complexity index is 364. The van der Waals surface area contributed by atoms with Crippen molar-refractivity contribution < 1.29 is 0 Å². The molecule has 3 atom stereocenters. The summed E-state index contributed by atoms with van der Waals surface area (Å²) in [6, 6.07) is 0.628. The monoisotopic (exact) mass is 268 g/mol. The minimum atomic E-state index is 0.628. The third kappa shape index (κ3) is 3.48. The molecule has 0 radical (unpaired) electrons. The van der Waals surface area contributed by atoms with E-state index in [-0.39, 0.29) is 0 Å². The molecule has 1 saturated carbocycles. The van der Waals surface area contributed by atoms with Crippen molar-refractivity contribution in [3.05, 3.63) is 6.33 Å². The minimum absolute atomic E-state index is 0.628. The molecule has 0 aromatic carbocycles. The van der Waals surface area contributed by atoms with Gasteiger partial charge in [-0.15, -0.1) is 10.2 Å². The Hall–Kier alpha value is -0.550. The molecule has 1 aromatic heterocycles.